The van der Waals surface area contributed by atoms with Gasteiger partial charge >= 0.3 is 12.1 Å². The predicted octanol–water partition coefficient (Wildman–Crippen LogP) is 1.63. The number of carbonyl (C=O) groups excluding carboxylic acids is 1. The topological polar surface area (TPSA) is 102 Å². The lowest BCUT2D eigenvalue weighted by molar-refractivity contribution is -0.138. The highest BCUT2D eigenvalue weighted by atomic mass is 16.6. The second-order valence-electron chi connectivity index (χ2n) is 5.18. The lowest BCUT2D eigenvalue weighted by Gasteiger charge is -2.18. The van der Waals surface area contributed by atoms with Crippen molar-refractivity contribution >= 4 is 12.1 Å². The van der Waals surface area contributed by atoms with E-state index in [-0.39, 0.29) is 6.10 Å². The maximum Gasteiger partial charge on any atom is 0.407 e. The maximum absolute atomic E-state index is 11.6. The molecule has 118 valence electrons. The minimum Gasteiger partial charge on any atom is -0.480 e. The summed E-state index contributed by atoms with van der Waals surface area (Å²) in [5.41, 5.74) is 5.39. The summed E-state index contributed by atoms with van der Waals surface area (Å²) in [4.78, 5) is 22.1. The van der Waals surface area contributed by atoms with Crippen LogP contribution in [0.5, 0.6) is 0 Å². The summed E-state index contributed by atoms with van der Waals surface area (Å²) < 4.78 is 5.36. The molecule has 0 aromatic carbocycles. The molecule has 1 unspecified atom stereocenters. The first kappa shape index (κ1) is 17.3. The Bertz CT molecular complexity index is 400. The largest absolute Gasteiger partial charge is 0.480 e. The molecular weight excluding hydrogens is 272 g/mol. The molecule has 0 aliphatic heterocycles. The molecule has 6 heteroatoms. The Morgan fingerprint density at radius 2 is 2.05 bits per heavy atom. The molecule has 2 atom stereocenters. The smallest absolute Gasteiger partial charge is 0.407 e. The first-order chi connectivity index (χ1) is 10.1. The average Bonchev–Trinajstić information content (AvgIpc) is 2.41. The molecule has 21 heavy (non-hydrogen) atoms. The number of aliphatic carboxylic acids is 1. The van der Waals surface area contributed by atoms with Crippen LogP contribution in [0.3, 0.4) is 0 Å². The number of carbonyl (C=O) groups is 2. The van der Waals surface area contributed by atoms with Gasteiger partial charge in [-0.1, -0.05) is 0 Å². The third-order valence-corrected chi connectivity index (χ3v) is 3.35. The molecule has 0 saturated carbocycles. The van der Waals surface area contributed by atoms with E-state index in [1.54, 1.807) is 0 Å². The standard InChI is InChI=1S/C15H24N2O4/c16-13(14(18)19)10-6-7-11-17-15(20)21-12-8-4-2-1-3-5-9-12/h12-13H,2,4-11,16H2,(H,17,20)(H,18,19)/t12?,13-/m0/s1. The zero-order chi connectivity index (χ0) is 15.5. The van der Waals surface area contributed by atoms with Crippen LogP contribution in [0.15, 0.2) is 0 Å². The van der Waals surface area contributed by atoms with Gasteiger partial charge in [0.05, 0.1) is 0 Å². The number of alkyl carbamates (subject to hydrolysis) is 1. The van der Waals surface area contributed by atoms with Crippen molar-refractivity contribution in [3.8, 4) is 11.8 Å². The van der Waals surface area contributed by atoms with Crippen LogP contribution in [0.1, 0.15) is 51.4 Å². The Labute approximate surface area is 125 Å². The zero-order valence-electron chi connectivity index (χ0n) is 12.3. The van der Waals surface area contributed by atoms with Crippen molar-refractivity contribution < 1.29 is 19.4 Å². The third kappa shape index (κ3) is 8.20. The van der Waals surface area contributed by atoms with E-state index < -0.39 is 18.1 Å². The van der Waals surface area contributed by atoms with Gasteiger partial charge in [0.2, 0.25) is 0 Å². The summed E-state index contributed by atoms with van der Waals surface area (Å²) >= 11 is 0. The van der Waals surface area contributed by atoms with Gasteiger partial charge < -0.3 is 20.9 Å². The molecule has 0 fully saturated rings. The quantitative estimate of drug-likeness (QED) is 0.489. The summed E-state index contributed by atoms with van der Waals surface area (Å²) in [6.45, 7) is 0.470. The van der Waals surface area contributed by atoms with E-state index in [0.29, 0.717) is 25.8 Å². The maximum atomic E-state index is 11.6. The number of nitrogens with one attached hydrogen (secondary N) is 1. The Kier molecular flexibility index (Phi) is 8.29. The number of rotatable bonds is 7. The lowest BCUT2D eigenvalue weighted by atomic mass is 10.0. The van der Waals surface area contributed by atoms with Crippen molar-refractivity contribution in [3.63, 3.8) is 0 Å². The molecule has 0 radical (unpaired) electrons. The summed E-state index contributed by atoms with van der Waals surface area (Å²) in [6, 6.07) is -0.826. The molecule has 0 aromatic heterocycles. The van der Waals surface area contributed by atoms with Crippen LogP contribution in [0.2, 0.25) is 0 Å². The molecule has 4 N–H and O–H groups in total. The van der Waals surface area contributed by atoms with Crippen molar-refractivity contribution in [1.29, 1.82) is 0 Å². The number of carboxylic acids is 1. The van der Waals surface area contributed by atoms with Crippen LogP contribution in [-0.4, -0.2) is 35.9 Å². The van der Waals surface area contributed by atoms with Gasteiger partial charge in [-0.25, -0.2) is 4.79 Å². The lowest BCUT2D eigenvalue weighted by Crippen LogP contribution is -2.31. The van der Waals surface area contributed by atoms with Crippen LogP contribution in [0.4, 0.5) is 4.79 Å². The molecule has 0 bridgehead atoms. The van der Waals surface area contributed by atoms with Gasteiger partial charge in [0.1, 0.15) is 12.1 Å². The van der Waals surface area contributed by atoms with Crippen LogP contribution in [0.25, 0.3) is 0 Å². The highest BCUT2D eigenvalue weighted by Crippen LogP contribution is 2.13. The molecule has 1 amide bonds. The number of unbranched alkanes of at least 4 members (excludes halogenated alkanes) is 1. The minimum absolute atomic E-state index is 0.0555. The van der Waals surface area contributed by atoms with Crippen molar-refractivity contribution in [2.75, 3.05) is 6.54 Å². The Hall–Kier alpha value is -1.74. The van der Waals surface area contributed by atoms with Crippen molar-refractivity contribution in [3.05, 3.63) is 0 Å². The molecule has 1 aliphatic rings. The Morgan fingerprint density at radius 1 is 1.29 bits per heavy atom. The van der Waals surface area contributed by atoms with Crippen LogP contribution in [-0.2, 0) is 9.53 Å². The summed E-state index contributed by atoms with van der Waals surface area (Å²) in [7, 11) is 0. The number of hydrogen-bond donors (Lipinski definition) is 3. The van der Waals surface area contributed by atoms with Gasteiger partial charge in [-0.2, -0.15) is 0 Å². The predicted molar refractivity (Wildman–Crippen MR) is 78.6 cm³/mol. The second-order valence-corrected chi connectivity index (χ2v) is 5.18. The van der Waals surface area contributed by atoms with E-state index >= 15 is 0 Å². The first-order valence-corrected chi connectivity index (χ1v) is 7.48. The van der Waals surface area contributed by atoms with Crippen molar-refractivity contribution in [2.45, 2.75) is 63.5 Å². The first-order valence-electron chi connectivity index (χ1n) is 7.48. The molecule has 1 aliphatic carbocycles. The van der Waals surface area contributed by atoms with Gasteiger partial charge in [0.25, 0.3) is 0 Å². The van der Waals surface area contributed by atoms with E-state index in [0.717, 1.165) is 32.1 Å². The molecule has 0 aromatic rings. The van der Waals surface area contributed by atoms with E-state index in [9.17, 15) is 9.59 Å². The molecule has 6 nitrogen and oxygen atoms in total. The van der Waals surface area contributed by atoms with Gasteiger partial charge in [0, 0.05) is 19.4 Å². The van der Waals surface area contributed by atoms with Crippen LogP contribution >= 0.6 is 0 Å². The van der Waals surface area contributed by atoms with E-state index in [1.807, 2.05) is 0 Å². The van der Waals surface area contributed by atoms with Crippen LogP contribution < -0.4 is 11.1 Å². The number of ether oxygens (including phenoxy) is 1. The van der Waals surface area contributed by atoms with Gasteiger partial charge in [-0.3, -0.25) is 4.79 Å². The van der Waals surface area contributed by atoms with Gasteiger partial charge in [-0.05, 0) is 38.5 Å². The monoisotopic (exact) mass is 296 g/mol. The highest BCUT2D eigenvalue weighted by molar-refractivity contribution is 5.72. The summed E-state index contributed by atoms with van der Waals surface area (Å²) in [5.74, 6) is 5.13. The SMILES string of the molecule is N[C@@H](CCCCNC(=O)OC1CCC#CCCC1)C(=O)O. The third-order valence-electron chi connectivity index (χ3n) is 3.35. The second kappa shape index (κ2) is 10.1. The normalized spacial score (nSPS) is 19.4. The number of carboxylic acid groups (broad SMARTS) is 1. The Morgan fingerprint density at radius 3 is 2.81 bits per heavy atom. The molecule has 0 saturated heterocycles. The van der Waals surface area contributed by atoms with Gasteiger partial charge in [0.15, 0.2) is 0 Å². The van der Waals surface area contributed by atoms with E-state index in [1.165, 1.54) is 0 Å². The fourth-order valence-corrected chi connectivity index (χ4v) is 2.09. The fourth-order valence-electron chi connectivity index (χ4n) is 2.09. The number of hydrogen-bond acceptors (Lipinski definition) is 4. The molecule has 0 heterocycles. The zero-order valence-corrected chi connectivity index (χ0v) is 12.3. The molecular formula is C15H24N2O4. The van der Waals surface area contributed by atoms with E-state index in [2.05, 4.69) is 17.2 Å². The number of amides is 1. The highest BCUT2D eigenvalue weighted by Gasteiger charge is 2.14. The van der Waals surface area contributed by atoms with Crippen molar-refractivity contribution in [2.24, 2.45) is 5.73 Å². The van der Waals surface area contributed by atoms with Crippen LogP contribution in [0, 0.1) is 11.8 Å². The van der Waals surface area contributed by atoms with Gasteiger partial charge in [-0.15, -0.1) is 11.8 Å². The minimum atomic E-state index is -0.991. The molecule has 0 spiro atoms. The summed E-state index contributed by atoms with van der Waals surface area (Å²) in [6.07, 6.45) is 5.53. The van der Waals surface area contributed by atoms with E-state index in [4.69, 9.17) is 15.6 Å². The average molecular weight is 296 g/mol. The Balaban J connectivity index is 2.08. The summed E-state index contributed by atoms with van der Waals surface area (Å²) in [5, 5.41) is 11.3. The number of nitrogens with two attached hydrogens (primary N) is 1. The fraction of sp³-hybridized carbons (Fsp3) is 0.733. The van der Waals surface area contributed by atoms with Crippen molar-refractivity contribution in [1.82, 2.24) is 5.32 Å². The molecule has 1 rings (SSSR count).